The van der Waals surface area contributed by atoms with Gasteiger partial charge in [0.1, 0.15) is 5.82 Å². The molecule has 3 N–H and O–H groups in total. The average molecular weight is 193 g/mol. The Morgan fingerprint density at radius 1 is 1.54 bits per heavy atom. The molecule has 1 heterocycles. The number of halogens is 3. The largest absolute Gasteiger partial charge is 0.389 e. The minimum absolute atomic E-state index is 0.142. The number of nitrogens with two attached hydrogens (primary N) is 1. The van der Waals surface area contributed by atoms with Crippen molar-refractivity contribution in [3.05, 3.63) is 18.2 Å². The van der Waals surface area contributed by atoms with Gasteiger partial charge in [0, 0.05) is 18.8 Å². The van der Waals surface area contributed by atoms with Crippen LogP contribution in [0.4, 0.5) is 13.2 Å². The van der Waals surface area contributed by atoms with Crippen LogP contribution in [-0.4, -0.2) is 16.1 Å². The molecule has 0 aromatic carbocycles. The highest BCUT2D eigenvalue weighted by Gasteiger charge is 2.28. The van der Waals surface area contributed by atoms with E-state index in [1.807, 2.05) is 0 Å². The lowest BCUT2D eigenvalue weighted by Crippen LogP contribution is -2.16. The highest BCUT2D eigenvalue weighted by Crippen LogP contribution is 2.24. The zero-order valence-corrected chi connectivity index (χ0v) is 6.80. The summed E-state index contributed by atoms with van der Waals surface area (Å²) in [5.41, 5.74) is 5.45. The lowest BCUT2D eigenvalue weighted by atomic mass is 10.1. The van der Waals surface area contributed by atoms with E-state index in [-0.39, 0.29) is 6.42 Å². The van der Waals surface area contributed by atoms with Crippen molar-refractivity contribution in [2.75, 3.05) is 0 Å². The van der Waals surface area contributed by atoms with E-state index < -0.39 is 18.6 Å². The van der Waals surface area contributed by atoms with Crippen LogP contribution in [-0.2, 0) is 0 Å². The second-order valence-electron chi connectivity index (χ2n) is 2.73. The number of rotatable bonds is 3. The fourth-order valence-electron chi connectivity index (χ4n) is 0.936. The maximum atomic E-state index is 11.8. The summed E-state index contributed by atoms with van der Waals surface area (Å²) in [6.07, 6.45) is -2.18. The summed E-state index contributed by atoms with van der Waals surface area (Å²) < 4.78 is 35.3. The number of nitrogens with zero attached hydrogens (tertiary/aromatic N) is 1. The smallest absolute Gasteiger partial charge is 0.347 e. The zero-order valence-electron chi connectivity index (χ0n) is 6.80. The monoisotopic (exact) mass is 193 g/mol. The van der Waals surface area contributed by atoms with Crippen LogP contribution in [0.2, 0.25) is 0 Å². The van der Waals surface area contributed by atoms with Gasteiger partial charge in [-0.05, 0) is 6.42 Å². The van der Waals surface area contributed by atoms with Crippen LogP contribution < -0.4 is 5.73 Å². The van der Waals surface area contributed by atoms with Crippen molar-refractivity contribution in [1.82, 2.24) is 9.97 Å². The number of nitrogens with one attached hydrogen (secondary N) is 1. The molecule has 1 aromatic rings. The van der Waals surface area contributed by atoms with Crippen molar-refractivity contribution in [2.45, 2.75) is 25.1 Å². The zero-order chi connectivity index (χ0) is 9.90. The predicted octanol–water partition coefficient (Wildman–Crippen LogP) is 1.75. The van der Waals surface area contributed by atoms with Crippen LogP contribution in [0.25, 0.3) is 0 Å². The van der Waals surface area contributed by atoms with E-state index in [9.17, 15) is 13.2 Å². The van der Waals surface area contributed by atoms with Gasteiger partial charge in [0.2, 0.25) is 0 Å². The number of aromatic nitrogens is 2. The molecule has 1 rings (SSSR count). The Bertz CT molecular complexity index is 242. The van der Waals surface area contributed by atoms with Gasteiger partial charge in [-0.25, -0.2) is 4.98 Å². The van der Waals surface area contributed by atoms with Crippen LogP contribution >= 0.6 is 0 Å². The van der Waals surface area contributed by atoms with Gasteiger partial charge in [-0.15, -0.1) is 0 Å². The molecule has 0 spiro atoms. The minimum atomic E-state index is -4.15. The Labute approximate surface area is 73.2 Å². The molecule has 1 aromatic heterocycles. The molecule has 74 valence electrons. The number of hydrogen-bond donors (Lipinski definition) is 2. The molecule has 0 aliphatic rings. The summed E-state index contributed by atoms with van der Waals surface area (Å²) in [6, 6.07) is -0.670. The summed E-state index contributed by atoms with van der Waals surface area (Å²) in [7, 11) is 0. The molecule has 0 saturated heterocycles. The fraction of sp³-hybridized carbons (Fsp3) is 0.571. The van der Waals surface area contributed by atoms with E-state index in [0.717, 1.165) is 0 Å². The van der Waals surface area contributed by atoms with Gasteiger partial charge in [-0.3, -0.25) is 0 Å². The number of aromatic amines is 1. The lowest BCUT2D eigenvalue weighted by molar-refractivity contribution is -0.136. The predicted molar refractivity (Wildman–Crippen MR) is 40.8 cm³/mol. The average Bonchev–Trinajstić information content (AvgIpc) is 2.50. The van der Waals surface area contributed by atoms with Gasteiger partial charge < -0.3 is 10.7 Å². The molecule has 0 amide bonds. The highest BCUT2D eigenvalue weighted by molar-refractivity contribution is 4.93. The van der Waals surface area contributed by atoms with Gasteiger partial charge in [-0.2, -0.15) is 13.2 Å². The van der Waals surface area contributed by atoms with E-state index >= 15 is 0 Å². The maximum absolute atomic E-state index is 11.8. The summed E-state index contributed by atoms with van der Waals surface area (Å²) >= 11 is 0. The summed E-state index contributed by atoms with van der Waals surface area (Å²) in [5.74, 6) is 0.393. The Kier molecular flexibility index (Phi) is 2.92. The second-order valence-corrected chi connectivity index (χ2v) is 2.73. The number of hydrogen-bond acceptors (Lipinski definition) is 2. The van der Waals surface area contributed by atoms with E-state index in [2.05, 4.69) is 9.97 Å². The lowest BCUT2D eigenvalue weighted by Gasteiger charge is -2.10. The molecular weight excluding hydrogens is 183 g/mol. The van der Waals surface area contributed by atoms with Crippen molar-refractivity contribution in [3.63, 3.8) is 0 Å². The van der Waals surface area contributed by atoms with E-state index in [4.69, 9.17) is 5.73 Å². The summed E-state index contributed by atoms with van der Waals surface area (Å²) in [4.78, 5) is 6.44. The third-order valence-electron chi connectivity index (χ3n) is 1.61. The van der Waals surface area contributed by atoms with Crippen LogP contribution in [0.3, 0.4) is 0 Å². The molecule has 1 atom stereocenters. The van der Waals surface area contributed by atoms with E-state index in [0.29, 0.717) is 5.82 Å². The maximum Gasteiger partial charge on any atom is 0.389 e. The molecule has 0 aliphatic carbocycles. The first-order chi connectivity index (χ1) is 5.99. The Balaban J connectivity index is 2.39. The first-order valence-corrected chi connectivity index (χ1v) is 3.80. The third kappa shape index (κ3) is 3.45. The first-order valence-electron chi connectivity index (χ1n) is 3.80. The number of imidazole rings is 1. The minimum Gasteiger partial charge on any atom is -0.347 e. The summed E-state index contributed by atoms with van der Waals surface area (Å²) in [6.45, 7) is 0. The van der Waals surface area contributed by atoms with E-state index in [1.165, 1.54) is 12.4 Å². The standard InChI is InChI=1S/C7H10F3N3/c8-7(9,10)2-1-5(11)6-12-3-4-13-6/h3-5H,1-2,11H2,(H,12,13). The Morgan fingerprint density at radius 2 is 2.23 bits per heavy atom. The second kappa shape index (κ2) is 3.78. The highest BCUT2D eigenvalue weighted by atomic mass is 19.4. The Morgan fingerprint density at radius 3 is 2.69 bits per heavy atom. The molecule has 3 nitrogen and oxygen atoms in total. The van der Waals surface area contributed by atoms with Crippen molar-refractivity contribution in [3.8, 4) is 0 Å². The number of alkyl halides is 3. The quantitative estimate of drug-likeness (QED) is 0.768. The van der Waals surface area contributed by atoms with Crippen molar-refractivity contribution < 1.29 is 13.2 Å². The van der Waals surface area contributed by atoms with Crippen molar-refractivity contribution in [1.29, 1.82) is 0 Å². The molecular formula is C7H10F3N3. The van der Waals surface area contributed by atoms with Gasteiger partial charge in [0.05, 0.1) is 6.04 Å². The molecule has 0 saturated carbocycles. The van der Waals surface area contributed by atoms with Crippen molar-refractivity contribution >= 4 is 0 Å². The van der Waals surface area contributed by atoms with Crippen LogP contribution in [0.15, 0.2) is 12.4 Å². The van der Waals surface area contributed by atoms with E-state index in [1.54, 1.807) is 0 Å². The molecule has 0 fully saturated rings. The Hall–Kier alpha value is -1.04. The number of H-pyrrole nitrogens is 1. The molecule has 13 heavy (non-hydrogen) atoms. The molecule has 1 unspecified atom stereocenters. The molecule has 6 heteroatoms. The molecule has 0 bridgehead atoms. The van der Waals surface area contributed by atoms with Gasteiger partial charge in [0.15, 0.2) is 0 Å². The van der Waals surface area contributed by atoms with Crippen LogP contribution in [0, 0.1) is 0 Å². The third-order valence-corrected chi connectivity index (χ3v) is 1.61. The summed E-state index contributed by atoms with van der Waals surface area (Å²) in [5, 5.41) is 0. The first kappa shape index (κ1) is 10.0. The normalized spacial score (nSPS) is 14.5. The SMILES string of the molecule is NC(CCC(F)(F)F)c1ncc[nH]1. The van der Waals surface area contributed by atoms with Crippen molar-refractivity contribution in [2.24, 2.45) is 5.73 Å². The van der Waals surface area contributed by atoms with Crippen LogP contribution in [0.1, 0.15) is 24.7 Å². The van der Waals surface area contributed by atoms with Gasteiger partial charge in [0.25, 0.3) is 0 Å². The topological polar surface area (TPSA) is 54.7 Å². The fourth-order valence-corrected chi connectivity index (χ4v) is 0.936. The molecule has 0 radical (unpaired) electrons. The van der Waals surface area contributed by atoms with Gasteiger partial charge in [-0.1, -0.05) is 0 Å². The van der Waals surface area contributed by atoms with Crippen LogP contribution in [0.5, 0.6) is 0 Å². The molecule has 0 aliphatic heterocycles. The van der Waals surface area contributed by atoms with Gasteiger partial charge >= 0.3 is 6.18 Å².